The number of nitrogen functional groups attached to an aromatic ring is 1. The van der Waals surface area contributed by atoms with Gasteiger partial charge in [-0.3, -0.25) is 5.41 Å². The van der Waals surface area contributed by atoms with E-state index in [1.54, 1.807) is 0 Å². The predicted octanol–water partition coefficient (Wildman–Crippen LogP) is 5.43. The summed E-state index contributed by atoms with van der Waals surface area (Å²) in [7, 11) is 0. The average Bonchev–Trinajstić information content (AvgIpc) is 2.49. The molecule has 0 saturated heterocycles. The Hall–Kier alpha value is -1.31. The van der Waals surface area contributed by atoms with Crippen LogP contribution in [0.3, 0.4) is 0 Å². The minimum atomic E-state index is 0.192. The molecule has 1 aromatic carbocycles. The number of hydrogen-bond donors (Lipinski definition) is 2. The van der Waals surface area contributed by atoms with Gasteiger partial charge >= 0.3 is 0 Å². The SMILES string of the molecule is CCCCCCCCCCCCc1ccccc1C(=N)N. The first-order chi connectivity index (χ1) is 10.3. The van der Waals surface area contributed by atoms with Gasteiger partial charge in [0, 0.05) is 5.56 Å². The highest BCUT2D eigenvalue weighted by molar-refractivity contribution is 5.96. The van der Waals surface area contributed by atoms with Crippen molar-refractivity contribution in [2.45, 2.75) is 77.6 Å². The fourth-order valence-electron chi connectivity index (χ4n) is 2.80. The third kappa shape index (κ3) is 7.89. The van der Waals surface area contributed by atoms with E-state index in [4.69, 9.17) is 11.1 Å². The third-order valence-electron chi connectivity index (χ3n) is 4.11. The second kappa shape index (κ2) is 11.4. The highest BCUT2D eigenvalue weighted by atomic mass is 14.7. The summed E-state index contributed by atoms with van der Waals surface area (Å²) < 4.78 is 0. The molecule has 0 aliphatic rings. The zero-order valence-corrected chi connectivity index (χ0v) is 13.7. The highest BCUT2D eigenvalue weighted by Crippen LogP contribution is 2.14. The van der Waals surface area contributed by atoms with Gasteiger partial charge < -0.3 is 5.73 Å². The van der Waals surface area contributed by atoms with Gasteiger partial charge in [0.05, 0.1) is 0 Å². The molecule has 0 heterocycles. The molecule has 1 rings (SSSR count). The molecule has 0 aliphatic heterocycles. The first-order valence-electron chi connectivity index (χ1n) is 8.68. The molecule has 0 bridgehead atoms. The highest BCUT2D eigenvalue weighted by Gasteiger charge is 2.03. The Labute approximate surface area is 130 Å². The van der Waals surface area contributed by atoms with Crippen LogP contribution in [0.1, 0.15) is 82.3 Å². The molecular weight excluding hydrogens is 256 g/mol. The van der Waals surface area contributed by atoms with Gasteiger partial charge in [-0.2, -0.15) is 0 Å². The zero-order valence-electron chi connectivity index (χ0n) is 13.7. The summed E-state index contributed by atoms with van der Waals surface area (Å²) >= 11 is 0. The molecule has 3 N–H and O–H groups in total. The maximum atomic E-state index is 7.59. The van der Waals surface area contributed by atoms with Crippen molar-refractivity contribution in [1.29, 1.82) is 5.41 Å². The first-order valence-corrected chi connectivity index (χ1v) is 8.68. The van der Waals surface area contributed by atoms with Crippen molar-refractivity contribution in [2.24, 2.45) is 5.73 Å². The molecule has 118 valence electrons. The number of aryl methyl sites for hydroxylation is 1. The van der Waals surface area contributed by atoms with Crippen molar-refractivity contribution in [1.82, 2.24) is 0 Å². The molecule has 0 radical (unpaired) electrons. The summed E-state index contributed by atoms with van der Waals surface area (Å²) in [6, 6.07) is 8.05. The lowest BCUT2D eigenvalue weighted by atomic mass is 9.99. The van der Waals surface area contributed by atoms with Gasteiger partial charge in [-0.05, 0) is 18.4 Å². The maximum absolute atomic E-state index is 7.59. The number of rotatable bonds is 12. The molecule has 21 heavy (non-hydrogen) atoms. The van der Waals surface area contributed by atoms with Crippen LogP contribution in [0.25, 0.3) is 0 Å². The monoisotopic (exact) mass is 288 g/mol. The lowest BCUT2D eigenvalue weighted by Crippen LogP contribution is -2.13. The summed E-state index contributed by atoms with van der Waals surface area (Å²) in [5, 5.41) is 7.59. The van der Waals surface area contributed by atoms with Crippen molar-refractivity contribution >= 4 is 5.84 Å². The lowest BCUT2D eigenvalue weighted by Gasteiger charge is -2.07. The third-order valence-corrected chi connectivity index (χ3v) is 4.11. The van der Waals surface area contributed by atoms with E-state index in [-0.39, 0.29) is 5.84 Å². The Bertz CT molecular complexity index is 398. The standard InChI is InChI=1S/C19H32N2/c1-2-3-4-5-6-7-8-9-10-11-14-17-15-12-13-16-18(17)19(20)21/h12-13,15-16H,2-11,14H2,1H3,(H3,20,21). The second-order valence-electron chi connectivity index (χ2n) is 6.00. The Kier molecular flexibility index (Phi) is 9.60. The predicted molar refractivity (Wildman–Crippen MR) is 93.0 cm³/mol. The first kappa shape index (κ1) is 17.7. The molecular formula is C19H32N2. The zero-order chi connectivity index (χ0) is 15.3. The molecule has 2 nitrogen and oxygen atoms in total. The summed E-state index contributed by atoms with van der Waals surface area (Å²) in [5.41, 5.74) is 7.75. The van der Waals surface area contributed by atoms with Crippen molar-refractivity contribution < 1.29 is 0 Å². The summed E-state index contributed by atoms with van der Waals surface area (Å²) in [6.45, 7) is 2.27. The van der Waals surface area contributed by atoms with Gasteiger partial charge in [0.2, 0.25) is 0 Å². The van der Waals surface area contributed by atoms with Crippen LogP contribution in [-0.4, -0.2) is 5.84 Å². The second-order valence-corrected chi connectivity index (χ2v) is 6.00. The van der Waals surface area contributed by atoms with Gasteiger partial charge in [0.15, 0.2) is 0 Å². The molecule has 0 aromatic heterocycles. The van der Waals surface area contributed by atoms with Gasteiger partial charge in [-0.25, -0.2) is 0 Å². The van der Waals surface area contributed by atoms with E-state index in [1.807, 2.05) is 18.2 Å². The van der Waals surface area contributed by atoms with Crippen LogP contribution in [0.15, 0.2) is 24.3 Å². The Morgan fingerprint density at radius 3 is 1.95 bits per heavy atom. The number of hydrogen-bond acceptors (Lipinski definition) is 1. The van der Waals surface area contributed by atoms with Crippen molar-refractivity contribution in [3.8, 4) is 0 Å². The van der Waals surface area contributed by atoms with E-state index in [2.05, 4.69) is 13.0 Å². The van der Waals surface area contributed by atoms with Gasteiger partial charge in [-0.1, -0.05) is 89.0 Å². The molecule has 0 amide bonds. The topological polar surface area (TPSA) is 49.9 Å². The van der Waals surface area contributed by atoms with Gasteiger partial charge in [-0.15, -0.1) is 0 Å². The van der Waals surface area contributed by atoms with Gasteiger partial charge in [0.25, 0.3) is 0 Å². The van der Waals surface area contributed by atoms with Crippen molar-refractivity contribution in [3.05, 3.63) is 35.4 Å². The van der Waals surface area contributed by atoms with E-state index in [0.717, 1.165) is 12.0 Å². The van der Waals surface area contributed by atoms with E-state index < -0.39 is 0 Å². The number of amidine groups is 1. The van der Waals surface area contributed by atoms with E-state index in [9.17, 15) is 0 Å². The summed E-state index contributed by atoms with van der Waals surface area (Å²) in [6.07, 6.45) is 14.6. The molecule has 0 atom stereocenters. The molecule has 0 spiro atoms. The fourth-order valence-corrected chi connectivity index (χ4v) is 2.80. The fraction of sp³-hybridized carbons (Fsp3) is 0.632. The van der Waals surface area contributed by atoms with Gasteiger partial charge in [0.1, 0.15) is 5.84 Å². The van der Waals surface area contributed by atoms with Crippen molar-refractivity contribution in [2.75, 3.05) is 0 Å². The molecule has 2 heteroatoms. The Balaban J connectivity index is 2.06. The minimum absolute atomic E-state index is 0.192. The number of nitrogens with two attached hydrogens (primary N) is 1. The van der Waals surface area contributed by atoms with Crippen LogP contribution in [0.2, 0.25) is 0 Å². The van der Waals surface area contributed by atoms with Crippen LogP contribution in [0.5, 0.6) is 0 Å². The van der Waals surface area contributed by atoms with E-state index >= 15 is 0 Å². The quantitative estimate of drug-likeness (QED) is 0.300. The number of nitrogens with one attached hydrogen (secondary N) is 1. The molecule has 0 unspecified atom stereocenters. The normalized spacial score (nSPS) is 10.7. The average molecular weight is 288 g/mol. The van der Waals surface area contributed by atoms with E-state index in [0.29, 0.717) is 0 Å². The molecule has 0 fully saturated rings. The minimum Gasteiger partial charge on any atom is -0.384 e. The largest absolute Gasteiger partial charge is 0.384 e. The van der Waals surface area contributed by atoms with Crippen molar-refractivity contribution in [3.63, 3.8) is 0 Å². The van der Waals surface area contributed by atoms with Crippen LogP contribution < -0.4 is 5.73 Å². The summed E-state index contributed by atoms with van der Waals surface area (Å²) in [5.74, 6) is 0.192. The van der Waals surface area contributed by atoms with Crippen LogP contribution in [-0.2, 0) is 6.42 Å². The number of unbranched alkanes of at least 4 members (excludes halogenated alkanes) is 9. The maximum Gasteiger partial charge on any atom is 0.123 e. The lowest BCUT2D eigenvalue weighted by molar-refractivity contribution is 0.556. The van der Waals surface area contributed by atoms with Crippen LogP contribution in [0.4, 0.5) is 0 Å². The summed E-state index contributed by atoms with van der Waals surface area (Å²) in [4.78, 5) is 0. The van der Waals surface area contributed by atoms with E-state index in [1.165, 1.54) is 69.8 Å². The smallest absolute Gasteiger partial charge is 0.123 e. The van der Waals surface area contributed by atoms with Crippen LogP contribution >= 0.6 is 0 Å². The Morgan fingerprint density at radius 1 is 0.857 bits per heavy atom. The molecule has 0 aliphatic carbocycles. The van der Waals surface area contributed by atoms with Crippen LogP contribution in [0, 0.1) is 5.41 Å². The number of benzene rings is 1. The molecule has 0 saturated carbocycles. The molecule has 1 aromatic rings. The Morgan fingerprint density at radius 2 is 1.38 bits per heavy atom.